The smallest absolute Gasteiger partial charge is 0.217 e. The lowest BCUT2D eigenvalue weighted by Crippen LogP contribution is -2.37. The standard InChI is InChI=1S/C14H17ClN4OS/c15-11-3-1-10(2-4-11)13-16-14(21)19(17-13)9-18-7-5-12(20)6-8-18/h1-4,12,20H,5-9H2,(H,16,17,21). The molecule has 0 spiro atoms. The van der Waals surface area contributed by atoms with Crippen LogP contribution in [0.1, 0.15) is 12.8 Å². The highest BCUT2D eigenvalue weighted by Crippen LogP contribution is 2.18. The molecule has 5 nitrogen and oxygen atoms in total. The quantitative estimate of drug-likeness (QED) is 0.852. The summed E-state index contributed by atoms with van der Waals surface area (Å²) < 4.78 is 2.39. The van der Waals surface area contributed by atoms with E-state index in [4.69, 9.17) is 23.8 Å². The summed E-state index contributed by atoms with van der Waals surface area (Å²) in [4.78, 5) is 6.65. The van der Waals surface area contributed by atoms with Crippen molar-refractivity contribution < 1.29 is 5.11 Å². The lowest BCUT2D eigenvalue weighted by molar-refractivity contribution is 0.0651. The Labute approximate surface area is 133 Å². The summed E-state index contributed by atoms with van der Waals surface area (Å²) in [6.07, 6.45) is 1.46. The molecule has 1 aromatic heterocycles. The van der Waals surface area contributed by atoms with Gasteiger partial charge in [-0.05, 0) is 49.3 Å². The average Bonchev–Trinajstić information content (AvgIpc) is 2.83. The van der Waals surface area contributed by atoms with E-state index in [9.17, 15) is 5.11 Å². The molecule has 0 unspecified atom stereocenters. The highest BCUT2D eigenvalue weighted by Gasteiger charge is 2.17. The first-order valence-corrected chi connectivity index (χ1v) is 7.73. The van der Waals surface area contributed by atoms with Crippen LogP contribution in [0, 0.1) is 4.77 Å². The maximum Gasteiger partial charge on any atom is 0.217 e. The van der Waals surface area contributed by atoms with E-state index in [-0.39, 0.29) is 6.10 Å². The Morgan fingerprint density at radius 2 is 1.95 bits per heavy atom. The average molecular weight is 325 g/mol. The number of aliphatic hydroxyl groups excluding tert-OH is 1. The van der Waals surface area contributed by atoms with Crippen LogP contribution in [0.25, 0.3) is 11.4 Å². The molecule has 0 bridgehead atoms. The van der Waals surface area contributed by atoms with E-state index in [0.29, 0.717) is 16.5 Å². The van der Waals surface area contributed by atoms with Gasteiger partial charge in [0.2, 0.25) is 4.77 Å². The van der Waals surface area contributed by atoms with Crippen molar-refractivity contribution in [2.75, 3.05) is 13.1 Å². The number of piperidine rings is 1. The summed E-state index contributed by atoms with van der Waals surface area (Å²) in [5.41, 5.74) is 0.957. The van der Waals surface area contributed by atoms with Crippen molar-refractivity contribution >= 4 is 23.8 Å². The van der Waals surface area contributed by atoms with E-state index >= 15 is 0 Å². The van der Waals surface area contributed by atoms with Gasteiger partial charge in [0.25, 0.3) is 0 Å². The third-order valence-corrected chi connectivity index (χ3v) is 4.26. The molecule has 2 aromatic rings. The zero-order chi connectivity index (χ0) is 14.8. The highest BCUT2D eigenvalue weighted by molar-refractivity contribution is 7.71. The number of likely N-dealkylation sites (tertiary alicyclic amines) is 1. The molecule has 2 N–H and O–H groups in total. The highest BCUT2D eigenvalue weighted by atomic mass is 35.5. The summed E-state index contributed by atoms with van der Waals surface area (Å²) >= 11 is 11.2. The summed E-state index contributed by atoms with van der Waals surface area (Å²) in [7, 11) is 0. The molecule has 1 fully saturated rings. The number of aromatic nitrogens is 3. The van der Waals surface area contributed by atoms with E-state index in [1.807, 2.05) is 28.9 Å². The number of rotatable bonds is 3. The number of nitrogens with zero attached hydrogens (tertiary/aromatic N) is 3. The third kappa shape index (κ3) is 3.52. The second kappa shape index (κ2) is 6.27. The predicted octanol–water partition coefficient (Wildman–Crippen LogP) is 2.68. The van der Waals surface area contributed by atoms with Crippen molar-refractivity contribution in [2.45, 2.75) is 25.6 Å². The van der Waals surface area contributed by atoms with Gasteiger partial charge in [0.1, 0.15) is 0 Å². The van der Waals surface area contributed by atoms with Gasteiger partial charge in [0.15, 0.2) is 5.82 Å². The second-order valence-corrected chi connectivity index (χ2v) is 6.08. The fourth-order valence-corrected chi connectivity index (χ4v) is 2.77. The van der Waals surface area contributed by atoms with Crippen molar-refractivity contribution in [1.29, 1.82) is 0 Å². The Kier molecular flexibility index (Phi) is 4.40. The number of benzene rings is 1. The molecule has 112 valence electrons. The van der Waals surface area contributed by atoms with Crippen LogP contribution in [0.3, 0.4) is 0 Å². The van der Waals surface area contributed by atoms with E-state index in [1.165, 1.54) is 0 Å². The molecule has 21 heavy (non-hydrogen) atoms. The van der Waals surface area contributed by atoms with Crippen LogP contribution in [0.2, 0.25) is 5.02 Å². The second-order valence-electron chi connectivity index (χ2n) is 5.28. The van der Waals surface area contributed by atoms with Gasteiger partial charge in [-0.15, -0.1) is 0 Å². The first-order valence-electron chi connectivity index (χ1n) is 6.95. The topological polar surface area (TPSA) is 57.1 Å². The fraction of sp³-hybridized carbons (Fsp3) is 0.429. The maximum atomic E-state index is 9.54. The molecule has 3 rings (SSSR count). The predicted molar refractivity (Wildman–Crippen MR) is 84.7 cm³/mol. The molecule has 1 aromatic carbocycles. The molecule has 0 saturated carbocycles. The number of H-pyrrole nitrogens is 1. The van der Waals surface area contributed by atoms with Gasteiger partial charge in [-0.1, -0.05) is 11.6 Å². The number of aliphatic hydroxyl groups is 1. The third-order valence-electron chi connectivity index (χ3n) is 3.70. The van der Waals surface area contributed by atoms with Crippen molar-refractivity contribution in [2.24, 2.45) is 0 Å². The molecule has 2 heterocycles. The molecule has 0 radical (unpaired) electrons. The van der Waals surface area contributed by atoms with Gasteiger partial charge < -0.3 is 5.11 Å². The molecular weight excluding hydrogens is 308 g/mol. The normalized spacial score (nSPS) is 17.2. The van der Waals surface area contributed by atoms with Gasteiger partial charge >= 0.3 is 0 Å². The van der Waals surface area contributed by atoms with Crippen LogP contribution in [0.4, 0.5) is 0 Å². The SMILES string of the molecule is OC1CCN(Cn2[nH]c(-c3ccc(Cl)cc3)nc2=S)CC1. The minimum atomic E-state index is -0.166. The zero-order valence-electron chi connectivity index (χ0n) is 11.5. The molecule has 1 aliphatic heterocycles. The molecular formula is C14H17ClN4OS. The minimum Gasteiger partial charge on any atom is -0.393 e. The molecule has 1 aliphatic rings. The van der Waals surface area contributed by atoms with E-state index < -0.39 is 0 Å². The van der Waals surface area contributed by atoms with Crippen LogP contribution in [-0.4, -0.2) is 44.0 Å². The van der Waals surface area contributed by atoms with Gasteiger partial charge in [0.05, 0.1) is 12.8 Å². The maximum absolute atomic E-state index is 9.54. The summed E-state index contributed by atoms with van der Waals surface area (Å²) in [6, 6.07) is 7.49. The Balaban J connectivity index is 1.75. The minimum absolute atomic E-state index is 0.166. The molecule has 0 amide bonds. The monoisotopic (exact) mass is 324 g/mol. The Hall–Kier alpha value is -1.21. The van der Waals surface area contributed by atoms with Crippen molar-refractivity contribution in [3.05, 3.63) is 34.1 Å². The number of nitrogens with one attached hydrogen (secondary N) is 1. The summed E-state index contributed by atoms with van der Waals surface area (Å²) in [5.74, 6) is 0.744. The fourth-order valence-electron chi connectivity index (χ4n) is 2.45. The summed E-state index contributed by atoms with van der Waals surface area (Å²) in [5, 5.41) is 13.5. The van der Waals surface area contributed by atoms with Crippen LogP contribution in [-0.2, 0) is 6.67 Å². The lowest BCUT2D eigenvalue weighted by Gasteiger charge is -2.29. The van der Waals surface area contributed by atoms with Crippen molar-refractivity contribution in [3.8, 4) is 11.4 Å². The van der Waals surface area contributed by atoms with Gasteiger partial charge in [0, 0.05) is 23.7 Å². The van der Waals surface area contributed by atoms with E-state index in [1.54, 1.807) is 0 Å². The largest absolute Gasteiger partial charge is 0.393 e. The van der Waals surface area contributed by atoms with Crippen molar-refractivity contribution in [3.63, 3.8) is 0 Å². The lowest BCUT2D eigenvalue weighted by atomic mass is 10.1. The molecule has 7 heteroatoms. The first kappa shape index (κ1) is 14.7. The van der Waals surface area contributed by atoms with Gasteiger partial charge in [-0.3, -0.25) is 10.00 Å². The molecule has 1 saturated heterocycles. The first-order chi connectivity index (χ1) is 10.1. The Bertz CT molecular complexity index is 658. The van der Waals surface area contributed by atoms with Gasteiger partial charge in [-0.2, -0.15) is 4.98 Å². The van der Waals surface area contributed by atoms with Crippen LogP contribution in [0.15, 0.2) is 24.3 Å². The summed E-state index contributed by atoms with van der Waals surface area (Å²) in [6.45, 7) is 2.42. The van der Waals surface area contributed by atoms with E-state index in [0.717, 1.165) is 37.3 Å². The number of hydrogen-bond donors (Lipinski definition) is 2. The van der Waals surface area contributed by atoms with Crippen LogP contribution >= 0.6 is 23.8 Å². The number of hydrogen-bond acceptors (Lipinski definition) is 4. The number of aromatic amines is 1. The number of halogens is 1. The van der Waals surface area contributed by atoms with Gasteiger partial charge in [-0.25, -0.2) is 4.68 Å². The molecule has 0 aliphatic carbocycles. The van der Waals surface area contributed by atoms with Crippen LogP contribution in [0.5, 0.6) is 0 Å². The Morgan fingerprint density at radius 1 is 1.29 bits per heavy atom. The Morgan fingerprint density at radius 3 is 2.62 bits per heavy atom. The van der Waals surface area contributed by atoms with Crippen molar-refractivity contribution in [1.82, 2.24) is 19.7 Å². The zero-order valence-corrected chi connectivity index (χ0v) is 13.1. The van der Waals surface area contributed by atoms with E-state index in [2.05, 4.69) is 15.0 Å². The van der Waals surface area contributed by atoms with Crippen LogP contribution < -0.4 is 0 Å². The molecule has 0 atom stereocenters.